The first-order chi connectivity index (χ1) is 23.3. The summed E-state index contributed by atoms with van der Waals surface area (Å²) in [6.45, 7) is 5.22. The summed E-state index contributed by atoms with van der Waals surface area (Å²) in [5.41, 5.74) is 0. The third-order valence-electron chi connectivity index (χ3n) is 8.20. The molecule has 0 saturated heterocycles. The number of hydrogen-bond donors (Lipinski definition) is 0. The van der Waals surface area contributed by atoms with E-state index in [1.54, 1.807) is 0 Å². The molecule has 0 spiro atoms. The minimum Gasteiger partial charge on any atom is -0.545 e. The summed E-state index contributed by atoms with van der Waals surface area (Å²) in [6.07, 6.45) is 39.1. The van der Waals surface area contributed by atoms with E-state index in [2.05, 4.69) is 13.8 Å². The molecule has 8 nitrogen and oxygen atoms in total. The van der Waals surface area contributed by atoms with Crippen LogP contribution in [0.2, 0.25) is 0 Å². The predicted molar refractivity (Wildman–Crippen MR) is 197 cm³/mol. The molecular weight excluding hydrogens is 633 g/mol. The molecule has 0 atom stereocenters. The molecule has 0 aliphatic carbocycles. The zero-order valence-corrected chi connectivity index (χ0v) is 32.9. The number of esters is 2. The standard InChI is InChI=1S/2C20H36O4.Mg/c2*1-2-3-4-5-6-7-8-9-10-11-12-13-14-15-18-24-20(23)17-16-19(21)22;/h2*16-17H,2-15,18H2,1H3,(H,21,22);/q;;+2/p-2/b2*17-16-;. The van der Waals surface area contributed by atoms with Gasteiger partial charge in [-0.05, 0) is 25.0 Å². The molecule has 9 heteroatoms. The molecule has 0 radical (unpaired) electrons. The Hall–Kier alpha value is -1.87. The number of aliphatic carboxylic acids is 2. The average molecular weight is 703 g/mol. The number of unbranched alkanes of at least 4 members (excludes halogenated alkanes) is 26. The van der Waals surface area contributed by atoms with Gasteiger partial charge in [-0.15, -0.1) is 0 Å². The molecule has 0 aromatic rings. The third kappa shape index (κ3) is 50.6. The van der Waals surface area contributed by atoms with Crippen LogP contribution in [0.1, 0.15) is 194 Å². The van der Waals surface area contributed by atoms with E-state index in [1.807, 2.05) is 0 Å². The van der Waals surface area contributed by atoms with Crippen molar-refractivity contribution in [2.75, 3.05) is 13.2 Å². The van der Waals surface area contributed by atoms with Gasteiger partial charge in [0.1, 0.15) is 0 Å². The second-order valence-electron chi connectivity index (χ2n) is 12.8. The van der Waals surface area contributed by atoms with Gasteiger partial charge in [0.2, 0.25) is 0 Å². The number of rotatable bonds is 34. The molecule has 0 saturated carbocycles. The summed E-state index contributed by atoms with van der Waals surface area (Å²) in [5.74, 6) is -4.00. The maximum absolute atomic E-state index is 11.1. The van der Waals surface area contributed by atoms with E-state index in [0.717, 1.165) is 37.8 Å². The Kier molecular flexibility index (Phi) is 46.4. The summed E-state index contributed by atoms with van der Waals surface area (Å²) < 4.78 is 9.77. The molecule has 0 aromatic heterocycles. The van der Waals surface area contributed by atoms with Gasteiger partial charge in [-0.3, -0.25) is 0 Å². The van der Waals surface area contributed by atoms with Crippen LogP contribution in [-0.2, 0) is 28.7 Å². The van der Waals surface area contributed by atoms with Gasteiger partial charge in [0.05, 0.1) is 25.2 Å². The van der Waals surface area contributed by atoms with Crippen LogP contribution in [0.3, 0.4) is 0 Å². The summed E-state index contributed by atoms with van der Waals surface area (Å²) >= 11 is 0. The number of carboxylic acid groups (broad SMARTS) is 2. The van der Waals surface area contributed by atoms with E-state index in [4.69, 9.17) is 9.47 Å². The van der Waals surface area contributed by atoms with E-state index in [0.29, 0.717) is 25.4 Å². The van der Waals surface area contributed by atoms with Crippen LogP contribution in [0.4, 0.5) is 0 Å². The van der Waals surface area contributed by atoms with Crippen LogP contribution in [-0.4, -0.2) is 60.1 Å². The maximum atomic E-state index is 11.1. The largest absolute Gasteiger partial charge is 2.00 e. The number of carboxylic acids is 2. The van der Waals surface area contributed by atoms with Crippen molar-refractivity contribution in [2.24, 2.45) is 0 Å². The van der Waals surface area contributed by atoms with E-state index in [9.17, 15) is 29.4 Å². The van der Waals surface area contributed by atoms with Gasteiger partial charge < -0.3 is 29.3 Å². The summed E-state index contributed by atoms with van der Waals surface area (Å²) in [6, 6.07) is 0. The Morgan fingerprint density at radius 1 is 0.367 bits per heavy atom. The maximum Gasteiger partial charge on any atom is 2.00 e. The van der Waals surface area contributed by atoms with Crippen molar-refractivity contribution in [2.45, 2.75) is 194 Å². The Morgan fingerprint density at radius 2 is 0.571 bits per heavy atom. The molecule has 0 aliphatic heterocycles. The molecule has 0 unspecified atom stereocenters. The third-order valence-corrected chi connectivity index (χ3v) is 8.20. The molecule has 0 aromatic carbocycles. The van der Waals surface area contributed by atoms with Crippen molar-refractivity contribution < 1.29 is 38.9 Å². The average Bonchev–Trinajstić information content (AvgIpc) is 3.06. The van der Waals surface area contributed by atoms with Crippen LogP contribution >= 0.6 is 0 Å². The topological polar surface area (TPSA) is 133 Å². The van der Waals surface area contributed by atoms with Crippen molar-refractivity contribution in [3.63, 3.8) is 0 Å². The van der Waals surface area contributed by atoms with E-state index in [-0.39, 0.29) is 23.1 Å². The van der Waals surface area contributed by atoms with Crippen LogP contribution in [0.15, 0.2) is 24.3 Å². The van der Waals surface area contributed by atoms with Crippen LogP contribution in [0, 0.1) is 0 Å². The number of carbonyl (C=O) groups is 4. The molecule has 280 valence electrons. The SMILES string of the molecule is CCCCCCCCCCCCCCCCOC(=O)/C=C\C(=O)[O-].CCCCCCCCCCCCCCCCOC(=O)/C=C\C(=O)[O-].[Mg+2]. The summed E-state index contributed by atoms with van der Waals surface area (Å²) in [7, 11) is 0. The van der Waals surface area contributed by atoms with E-state index >= 15 is 0 Å². The Balaban J connectivity index is -0.000000846. The van der Waals surface area contributed by atoms with Crippen LogP contribution in [0.5, 0.6) is 0 Å². The molecule has 0 amide bonds. The van der Waals surface area contributed by atoms with E-state index < -0.39 is 23.9 Å². The Morgan fingerprint density at radius 3 is 0.776 bits per heavy atom. The van der Waals surface area contributed by atoms with Crippen LogP contribution in [0.25, 0.3) is 0 Å². The van der Waals surface area contributed by atoms with Gasteiger partial charge in [0, 0.05) is 12.2 Å². The van der Waals surface area contributed by atoms with Crippen molar-refractivity contribution in [3.05, 3.63) is 24.3 Å². The first-order valence-electron chi connectivity index (χ1n) is 19.4. The molecular formula is C40H70MgO8. The molecule has 49 heavy (non-hydrogen) atoms. The second kappa shape index (κ2) is 44.1. The van der Waals surface area contributed by atoms with Crippen molar-refractivity contribution in [1.82, 2.24) is 0 Å². The number of ether oxygens (including phenoxy) is 2. The normalized spacial score (nSPS) is 10.8. The quantitative estimate of drug-likeness (QED) is 0.0283. The molecule has 0 N–H and O–H groups in total. The zero-order chi connectivity index (χ0) is 35.8. The van der Waals surface area contributed by atoms with Gasteiger partial charge in [-0.25, -0.2) is 9.59 Å². The molecule has 0 heterocycles. The number of carbonyl (C=O) groups excluding carboxylic acids is 4. The van der Waals surface area contributed by atoms with Crippen molar-refractivity contribution in [3.8, 4) is 0 Å². The predicted octanol–water partition coefficient (Wildman–Crippen LogP) is 8.25. The van der Waals surface area contributed by atoms with Gasteiger partial charge in [-0.1, -0.05) is 181 Å². The first kappa shape index (κ1) is 51.5. The molecule has 0 aliphatic rings. The minimum absolute atomic E-state index is 0. The Labute approximate surface area is 315 Å². The van der Waals surface area contributed by atoms with Crippen LogP contribution < -0.4 is 10.2 Å². The van der Waals surface area contributed by atoms with Crippen molar-refractivity contribution >= 4 is 46.9 Å². The van der Waals surface area contributed by atoms with Crippen molar-refractivity contribution in [1.29, 1.82) is 0 Å². The fourth-order valence-corrected chi connectivity index (χ4v) is 5.31. The monoisotopic (exact) mass is 702 g/mol. The fourth-order valence-electron chi connectivity index (χ4n) is 5.31. The molecule has 0 rings (SSSR count). The number of hydrogen-bond acceptors (Lipinski definition) is 8. The van der Waals surface area contributed by atoms with Gasteiger partial charge in [0.25, 0.3) is 0 Å². The van der Waals surface area contributed by atoms with Gasteiger partial charge >= 0.3 is 35.0 Å². The van der Waals surface area contributed by atoms with E-state index in [1.165, 1.54) is 154 Å². The van der Waals surface area contributed by atoms with Gasteiger partial charge in [0.15, 0.2) is 0 Å². The molecule has 0 fully saturated rings. The smallest absolute Gasteiger partial charge is 0.545 e. The van der Waals surface area contributed by atoms with Gasteiger partial charge in [-0.2, -0.15) is 0 Å². The minimum atomic E-state index is -1.39. The summed E-state index contributed by atoms with van der Waals surface area (Å²) in [4.78, 5) is 42.4. The zero-order valence-electron chi connectivity index (χ0n) is 31.5. The summed E-state index contributed by atoms with van der Waals surface area (Å²) in [5, 5.41) is 20.2. The molecule has 0 bridgehead atoms. The first-order valence-corrected chi connectivity index (χ1v) is 19.4. The Bertz CT molecular complexity index is 746. The second-order valence-corrected chi connectivity index (χ2v) is 12.8. The fraction of sp³-hybridized carbons (Fsp3) is 0.800.